The number of fused-ring (bicyclic) bond motifs is 1. The third-order valence-electron chi connectivity index (χ3n) is 4.63. The van der Waals surface area contributed by atoms with Gasteiger partial charge in [-0.1, -0.05) is 0 Å². The van der Waals surface area contributed by atoms with Crippen molar-refractivity contribution in [2.24, 2.45) is 0 Å². The molecule has 0 bridgehead atoms. The van der Waals surface area contributed by atoms with Crippen molar-refractivity contribution in [1.82, 2.24) is 19.4 Å². The second kappa shape index (κ2) is 7.65. The number of nitrogens with one attached hydrogen (secondary N) is 1. The third kappa shape index (κ3) is 3.57. The van der Waals surface area contributed by atoms with Gasteiger partial charge in [-0.05, 0) is 32.0 Å². The number of carbonyl (C=O) groups is 2. The van der Waals surface area contributed by atoms with Crippen molar-refractivity contribution in [3.05, 3.63) is 44.5 Å². The number of aryl methyl sites for hydroxylation is 1. The monoisotopic (exact) mass is 374 g/mol. The van der Waals surface area contributed by atoms with Crippen LogP contribution in [0.1, 0.15) is 24.2 Å². The Morgan fingerprint density at radius 3 is 2.37 bits per heavy atom. The zero-order valence-electron chi connectivity index (χ0n) is 15.4. The molecule has 3 rings (SSSR count). The number of piperazine rings is 1. The number of nitrogens with zero attached hydrogens (tertiary/aromatic N) is 3. The first kappa shape index (κ1) is 18.7. The largest absolute Gasteiger partial charge is 0.450 e. The smallest absolute Gasteiger partial charge is 0.409 e. The molecule has 0 unspecified atom stereocenters. The number of benzene rings is 1. The Kier molecular flexibility index (Phi) is 5.29. The lowest BCUT2D eigenvalue weighted by Crippen LogP contribution is -2.50. The van der Waals surface area contributed by atoms with Crippen LogP contribution >= 0.6 is 0 Å². The Morgan fingerprint density at radius 2 is 1.74 bits per heavy atom. The van der Waals surface area contributed by atoms with E-state index < -0.39 is 11.1 Å². The lowest BCUT2D eigenvalue weighted by atomic mass is 10.1. The van der Waals surface area contributed by atoms with Crippen LogP contribution in [0.15, 0.2) is 27.8 Å². The van der Waals surface area contributed by atoms with E-state index in [0.29, 0.717) is 55.9 Å². The van der Waals surface area contributed by atoms with E-state index in [9.17, 15) is 19.2 Å². The predicted octanol–water partition coefficient (Wildman–Crippen LogP) is 0.624. The second-order valence-electron chi connectivity index (χ2n) is 6.21. The first-order valence-corrected chi connectivity index (χ1v) is 8.94. The maximum Gasteiger partial charge on any atom is 0.409 e. The molecule has 9 heteroatoms. The van der Waals surface area contributed by atoms with E-state index in [2.05, 4.69) is 4.98 Å². The van der Waals surface area contributed by atoms with Crippen molar-refractivity contribution >= 4 is 23.0 Å². The predicted molar refractivity (Wildman–Crippen MR) is 99.0 cm³/mol. The molecule has 1 aromatic carbocycles. The minimum atomic E-state index is -0.711. The fourth-order valence-electron chi connectivity index (χ4n) is 3.22. The Labute approximate surface area is 155 Å². The van der Waals surface area contributed by atoms with Crippen LogP contribution in [0.25, 0.3) is 11.0 Å². The van der Waals surface area contributed by atoms with Crippen LogP contribution in [0.5, 0.6) is 0 Å². The van der Waals surface area contributed by atoms with Gasteiger partial charge in [0.05, 0.1) is 17.6 Å². The summed E-state index contributed by atoms with van der Waals surface area (Å²) in [7, 11) is 0. The Bertz CT molecular complexity index is 985. The maximum atomic E-state index is 12.8. The quantitative estimate of drug-likeness (QED) is 0.793. The van der Waals surface area contributed by atoms with Gasteiger partial charge in [-0.2, -0.15) is 0 Å². The molecule has 0 spiro atoms. The summed E-state index contributed by atoms with van der Waals surface area (Å²) in [5, 5.41) is 0. The van der Waals surface area contributed by atoms with E-state index in [4.69, 9.17) is 4.74 Å². The van der Waals surface area contributed by atoms with E-state index in [1.807, 2.05) is 0 Å². The van der Waals surface area contributed by atoms with E-state index >= 15 is 0 Å². The maximum absolute atomic E-state index is 12.8. The fourth-order valence-corrected chi connectivity index (χ4v) is 3.22. The number of aromatic amines is 1. The number of H-pyrrole nitrogens is 1. The van der Waals surface area contributed by atoms with Crippen molar-refractivity contribution in [3.8, 4) is 0 Å². The van der Waals surface area contributed by atoms with Crippen LogP contribution < -0.4 is 11.1 Å². The average molecular weight is 374 g/mol. The molecule has 1 aromatic heterocycles. The number of ether oxygens (including phenoxy) is 1. The third-order valence-corrected chi connectivity index (χ3v) is 4.63. The van der Waals surface area contributed by atoms with Crippen LogP contribution in [-0.4, -0.2) is 64.1 Å². The van der Waals surface area contributed by atoms with E-state index in [0.717, 1.165) is 0 Å². The standard InChI is InChI=1S/C18H22N4O5/c1-3-22-14-6-5-12(11-13(14)19-15(23)17(22)25)16(24)20-7-9-21(10-8-20)18(26)27-4-2/h5-6,11H,3-4,7-10H2,1-2H3,(H,19,23). The van der Waals surface area contributed by atoms with Crippen molar-refractivity contribution < 1.29 is 14.3 Å². The van der Waals surface area contributed by atoms with Crippen LogP contribution in [0.3, 0.4) is 0 Å². The lowest BCUT2D eigenvalue weighted by Gasteiger charge is -2.34. The highest BCUT2D eigenvalue weighted by Gasteiger charge is 2.25. The highest BCUT2D eigenvalue weighted by Crippen LogP contribution is 2.15. The van der Waals surface area contributed by atoms with Crippen molar-refractivity contribution in [3.63, 3.8) is 0 Å². The second-order valence-corrected chi connectivity index (χ2v) is 6.21. The number of amides is 2. The Balaban J connectivity index is 1.81. The first-order chi connectivity index (χ1) is 13.0. The topological polar surface area (TPSA) is 105 Å². The fraction of sp³-hybridized carbons (Fsp3) is 0.444. The summed E-state index contributed by atoms with van der Waals surface area (Å²) in [5.41, 5.74) is 0.114. The molecule has 2 aromatic rings. The Hall–Kier alpha value is -3.10. The van der Waals surface area contributed by atoms with Gasteiger partial charge in [0.15, 0.2) is 0 Å². The number of aromatic nitrogens is 2. The van der Waals surface area contributed by atoms with Crippen LogP contribution in [0.4, 0.5) is 4.79 Å². The van der Waals surface area contributed by atoms with Gasteiger partial charge in [0.25, 0.3) is 5.91 Å². The van der Waals surface area contributed by atoms with Crippen LogP contribution in [-0.2, 0) is 11.3 Å². The summed E-state index contributed by atoms with van der Waals surface area (Å²) in [6, 6.07) is 4.90. The summed E-state index contributed by atoms with van der Waals surface area (Å²) in [6.07, 6.45) is -0.370. The molecule has 2 amide bonds. The molecule has 1 fully saturated rings. The van der Waals surface area contributed by atoms with Crippen molar-refractivity contribution in [2.45, 2.75) is 20.4 Å². The average Bonchev–Trinajstić information content (AvgIpc) is 2.68. The van der Waals surface area contributed by atoms with Gasteiger partial charge in [0.2, 0.25) is 0 Å². The molecule has 1 N–H and O–H groups in total. The van der Waals surface area contributed by atoms with E-state index in [-0.39, 0.29) is 12.0 Å². The Morgan fingerprint density at radius 1 is 1.07 bits per heavy atom. The molecule has 0 saturated carbocycles. The zero-order valence-corrected chi connectivity index (χ0v) is 15.4. The molecule has 9 nitrogen and oxygen atoms in total. The minimum absolute atomic E-state index is 0.185. The van der Waals surface area contributed by atoms with Crippen molar-refractivity contribution in [2.75, 3.05) is 32.8 Å². The van der Waals surface area contributed by atoms with Crippen LogP contribution in [0, 0.1) is 0 Å². The highest BCUT2D eigenvalue weighted by molar-refractivity contribution is 5.97. The SMILES string of the molecule is CCOC(=O)N1CCN(C(=O)c2ccc3c(c2)[nH]c(=O)c(=O)n3CC)CC1. The highest BCUT2D eigenvalue weighted by atomic mass is 16.6. The molecule has 1 saturated heterocycles. The lowest BCUT2D eigenvalue weighted by molar-refractivity contribution is 0.0570. The molecular weight excluding hydrogens is 352 g/mol. The molecule has 1 aliphatic heterocycles. The number of hydrogen-bond acceptors (Lipinski definition) is 5. The van der Waals surface area contributed by atoms with Gasteiger partial charge in [0.1, 0.15) is 0 Å². The summed E-state index contributed by atoms with van der Waals surface area (Å²) in [6.45, 7) is 5.83. The normalized spacial score (nSPS) is 14.4. The molecular formula is C18H22N4O5. The van der Waals surface area contributed by atoms with E-state index in [1.165, 1.54) is 4.57 Å². The minimum Gasteiger partial charge on any atom is -0.450 e. The van der Waals surface area contributed by atoms with Crippen molar-refractivity contribution in [1.29, 1.82) is 0 Å². The summed E-state index contributed by atoms with van der Waals surface area (Å²) >= 11 is 0. The molecule has 144 valence electrons. The first-order valence-electron chi connectivity index (χ1n) is 8.94. The van der Waals surface area contributed by atoms with Gasteiger partial charge in [-0.3, -0.25) is 14.4 Å². The number of carbonyl (C=O) groups excluding carboxylic acids is 2. The van der Waals surface area contributed by atoms with Crippen LogP contribution in [0.2, 0.25) is 0 Å². The number of hydrogen-bond donors (Lipinski definition) is 1. The van der Waals surface area contributed by atoms with E-state index in [1.54, 1.807) is 41.8 Å². The molecule has 0 atom stereocenters. The van der Waals surface area contributed by atoms with Gasteiger partial charge >= 0.3 is 17.2 Å². The number of rotatable bonds is 3. The summed E-state index contributed by atoms with van der Waals surface area (Å²) < 4.78 is 6.35. The molecule has 27 heavy (non-hydrogen) atoms. The molecule has 1 aliphatic rings. The van der Waals surface area contributed by atoms with Gasteiger partial charge in [0, 0.05) is 38.3 Å². The van der Waals surface area contributed by atoms with Gasteiger partial charge in [-0.25, -0.2) is 4.79 Å². The molecule has 0 radical (unpaired) electrons. The van der Waals surface area contributed by atoms with Gasteiger partial charge in [-0.15, -0.1) is 0 Å². The molecule has 2 heterocycles. The molecule has 0 aliphatic carbocycles. The summed E-state index contributed by atoms with van der Waals surface area (Å²) in [4.78, 5) is 54.0. The van der Waals surface area contributed by atoms with Gasteiger partial charge < -0.3 is 24.1 Å². The zero-order chi connectivity index (χ0) is 19.6. The summed E-state index contributed by atoms with van der Waals surface area (Å²) in [5.74, 6) is -0.185.